The van der Waals surface area contributed by atoms with Crippen LogP contribution in [-0.4, -0.2) is 21.5 Å². The summed E-state index contributed by atoms with van der Waals surface area (Å²) in [7, 11) is 0. The first kappa shape index (κ1) is 18.6. The van der Waals surface area contributed by atoms with Gasteiger partial charge in [0, 0.05) is 35.5 Å². The van der Waals surface area contributed by atoms with Crippen LogP contribution in [-0.2, 0) is 24.2 Å². The molecule has 2 N–H and O–H groups in total. The maximum atomic E-state index is 14.4. The maximum Gasteiger partial charge on any atom is 0.226 e. The third kappa shape index (κ3) is 3.55. The normalized spacial score (nSPS) is 19.4. The van der Waals surface area contributed by atoms with Crippen molar-refractivity contribution in [3.8, 4) is 0 Å². The van der Waals surface area contributed by atoms with Crippen molar-refractivity contribution in [1.29, 1.82) is 0 Å². The molecule has 4 nitrogen and oxygen atoms in total. The number of hydrogen-bond acceptors (Lipinski definition) is 2. The Kier molecular flexibility index (Phi) is 5.07. The molecule has 1 aromatic carbocycles. The number of fused-ring (bicyclic) bond motifs is 1. The molecular weight excluding hydrogens is 392 g/mol. The molecule has 4 rings (SSSR count). The summed E-state index contributed by atoms with van der Waals surface area (Å²) in [6, 6.07) is 2.65. The van der Waals surface area contributed by atoms with E-state index in [0.717, 1.165) is 37.1 Å². The van der Waals surface area contributed by atoms with Gasteiger partial charge in [0.2, 0.25) is 5.91 Å². The van der Waals surface area contributed by atoms with Crippen LogP contribution in [0, 0.1) is 16.4 Å². The van der Waals surface area contributed by atoms with E-state index in [1.54, 1.807) is 0 Å². The van der Waals surface area contributed by atoms with Crippen molar-refractivity contribution < 1.29 is 13.6 Å². The molecule has 8 heteroatoms. The predicted molar refractivity (Wildman–Crippen MR) is 102 cm³/mol. The molecular formula is C19H20ClF2N3OS. The van der Waals surface area contributed by atoms with Crippen LogP contribution in [0.25, 0.3) is 0 Å². The van der Waals surface area contributed by atoms with E-state index in [4.69, 9.17) is 23.8 Å². The summed E-state index contributed by atoms with van der Waals surface area (Å²) in [5.41, 5.74) is 1.55. The van der Waals surface area contributed by atoms with Crippen LogP contribution in [0.5, 0.6) is 0 Å². The van der Waals surface area contributed by atoms with Gasteiger partial charge in [0.25, 0.3) is 0 Å². The number of amides is 1. The minimum atomic E-state index is -0.720. The molecule has 0 saturated heterocycles. The van der Waals surface area contributed by atoms with Gasteiger partial charge in [0.1, 0.15) is 11.6 Å². The number of hydrogen-bond donors (Lipinski definition) is 2. The van der Waals surface area contributed by atoms with E-state index in [0.29, 0.717) is 17.7 Å². The van der Waals surface area contributed by atoms with Gasteiger partial charge in [-0.1, -0.05) is 24.4 Å². The average molecular weight is 412 g/mol. The zero-order valence-corrected chi connectivity index (χ0v) is 16.2. The molecule has 1 aliphatic carbocycles. The molecule has 0 bridgehead atoms. The van der Waals surface area contributed by atoms with Gasteiger partial charge in [-0.05, 0) is 43.6 Å². The average Bonchev–Trinajstić information content (AvgIpc) is 3.32. The first-order valence-corrected chi connectivity index (χ1v) is 9.96. The summed E-state index contributed by atoms with van der Waals surface area (Å²) < 4.78 is 31.0. The number of nitrogens with one attached hydrogen (secondary N) is 2. The summed E-state index contributed by atoms with van der Waals surface area (Å²) in [5, 5.41) is 2.96. The Morgan fingerprint density at radius 1 is 1.33 bits per heavy atom. The fourth-order valence-electron chi connectivity index (χ4n) is 4.26. The lowest BCUT2D eigenvalue weighted by Crippen LogP contribution is -2.34. The van der Waals surface area contributed by atoms with Crippen molar-refractivity contribution >= 4 is 29.7 Å². The highest BCUT2D eigenvalue weighted by Gasteiger charge is 2.32. The highest BCUT2D eigenvalue weighted by molar-refractivity contribution is 7.71. The van der Waals surface area contributed by atoms with Gasteiger partial charge in [0.15, 0.2) is 4.77 Å². The van der Waals surface area contributed by atoms with E-state index in [1.165, 1.54) is 12.1 Å². The lowest BCUT2D eigenvalue weighted by Gasteiger charge is -2.13. The van der Waals surface area contributed by atoms with Crippen molar-refractivity contribution in [2.75, 3.05) is 0 Å². The van der Waals surface area contributed by atoms with Crippen molar-refractivity contribution in [2.24, 2.45) is 0 Å². The second-order valence-corrected chi connectivity index (χ2v) is 8.14. The molecule has 144 valence electrons. The second kappa shape index (κ2) is 7.36. The number of rotatable bonds is 4. The molecule has 1 aliphatic heterocycles. The Balaban J connectivity index is 1.55. The lowest BCUT2D eigenvalue weighted by molar-refractivity contribution is -0.121. The molecule has 2 aromatic rings. The van der Waals surface area contributed by atoms with Crippen LogP contribution in [0.2, 0.25) is 5.02 Å². The van der Waals surface area contributed by atoms with Gasteiger partial charge in [-0.3, -0.25) is 4.79 Å². The predicted octanol–water partition coefficient (Wildman–Crippen LogP) is 4.42. The number of H-pyrrole nitrogens is 1. The lowest BCUT2D eigenvalue weighted by atomic mass is 9.95. The number of imidazole rings is 1. The Bertz CT molecular complexity index is 949. The Labute approximate surface area is 165 Å². The summed E-state index contributed by atoms with van der Waals surface area (Å²) in [4.78, 5) is 15.5. The zero-order valence-electron chi connectivity index (χ0n) is 14.7. The van der Waals surface area contributed by atoms with Crippen LogP contribution in [0.1, 0.15) is 48.6 Å². The molecule has 1 amide bonds. The summed E-state index contributed by atoms with van der Waals surface area (Å²) in [6.07, 6.45) is 4.93. The molecule has 1 fully saturated rings. The topological polar surface area (TPSA) is 49.8 Å². The van der Waals surface area contributed by atoms with Gasteiger partial charge >= 0.3 is 0 Å². The fraction of sp³-hybridized carbons (Fsp3) is 0.474. The number of carbonyl (C=O) groups excluding carboxylic acids is 1. The molecule has 1 atom stereocenters. The molecule has 27 heavy (non-hydrogen) atoms. The monoisotopic (exact) mass is 411 g/mol. The standard InChI is InChI=1S/C19H20ClF2N3OS/c20-12-5-6-13(21)17(18(12)22)10-7-15-14(24-19(27)25(15)9-10)8-16(26)23-11-3-1-2-4-11/h5-6,10-11H,1-4,7-9H2,(H,23,26)(H,24,27). The Hall–Kier alpha value is -1.73. The molecule has 2 heterocycles. The molecule has 1 aromatic heterocycles. The highest BCUT2D eigenvalue weighted by Crippen LogP contribution is 2.36. The summed E-state index contributed by atoms with van der Waals surface area (Å²) in [5.74, 6) is -1.78. The SMILES string of the molecule is O=C(Cc1[nH]c(=S)n2c1CC(c1c(F)ccc(Cl)c1F)C2)NC1CCCC1. The highest BCUT2D eigenvalue weighted by atomic mass is 35.5. The largest absolute Gasteiger partial charge is 0.353 e. The van der Waals surface area contributed by atoms with Crippen LogP contribution in [0.3, 0.4) is 0 Å². The Morgan fingerprint density at radius 3 is 2.81 bits per heavy atom. The number of nitrogens with zero attached hydrogens (tertiary/aromatic N) is 1. The van der Waals surface area contributed by atoms with E-state index < -0.39 is 17.6 Å². The van der Waals surface area contributed by atoms with Gasteiger partial charge in [-0.2, -0.15) is 0 Å². The van der Waals surface area contributed by atoms with Crippen LogP contribution in [0.15, 0.2) is 12.1 Å². The molecule has 0 spiro atoms. The third-order valence-corrected chi connectivity index (χ3v) is 6.18. The van der Waals surface area contributed by atoms with Gasteiger partial charge in [-0.15, -0.1) is 0 Å². The Morgan fingerprint density at radius 2 is 2.07 bits per heavy atom. The van der Waals surface area contributed by atoms with Gasteiger partial charge < -0.3 is 14.9 Å². The minimum absolute atomic E-state index is 0.0121. The number of aromatic nitrogens is 2. The first-order chi connectivity index (χ1) is 12.9. The maximum absolute atomic E-state index is 14.4. The molecule has 2 aliphatic rings. The molecule has 0 radical (unpaired) electrons. The van der Waals surface area contributed by atoms with E-state index in [2.05, 4.69) is 10.3 Å². The number of aromatic amines is 1. The smallest absolute Gasteiger partial charge is 0.226 e. The summed E-state index contributed by atoms with van der Waals surface area (Å²) in [6.45, 7) is 0.364. The minimum Gasteiger partial charge on any atom is -0.353 e. The van der Waals surface area contributed by atoms with Crippen LogP contribution in [0.4, 0.5) is 8.78 Å². The van der Waals surface area contributed by atoms with E-state index in [-0.39, 0.29) is 29.0 Å². The van der Waals surface area contributed by atoms with Crippen LogP contribution < -0.4 is 5.32 Å². The van der Waals surface area contributed by atoms with E-state index in [1.807, 2.05) is 4.57 Å². The third-order valence-electron chi connectivity index (χ3n) is 5.57. The van der Waals surface area contributed by atoms with E-state index in [9.17, 15) is 13.6 Å². The van der Waals surface area contributed by atoms with Gasteiger partial charge in [0.05, 0.1) is 11.4 Å². The van der Waals surface area contributed by atoms with Crippen molar-refractivity contribution in [3.05, 3.63) is 50.5 Å². The number of carbonyl (C=O) groups is 1. The fourth-order valence-corrected chi connectivity index (χ4v) is 4.74. The quantitative estimate of drug-likeness (QED) is 0.578. The van der Waals surface area contributed by atoms with Crippen molar-refractivity contribution in [3.63, 3.8) is 0 Å². The second-order valence-electron chi connectivity index (χ2n) is 7.35. The summed E-state index contributed by atoms with van der Waals surface area (Å²) >= 11 is 11.2. The zero-order chi connectivity index (χ0) is 19.1. The first-order valence-electron chi connectivity index (χ1n) is 9.17. The molecule has 1 saturated carbocycles. The van der Waals surface area contributed by atoms with Gasteiger partial charge in [-0.25, -0.2) is 8.78 Å². The van der Waals surface area contributed by atoms with Crippen molar-refractivity contribution in [1.82, 2.24) is 14.9 Å². The number of benzene rings is 1. The number of halogens is 3. The van der Waals surface area contributed by atoms with Crippen molar-refractivity contribution in [2.45, 2.75) is 57.0 Å². The van der Waals surface area contributed by atoms with E-state index >= 15 is 0 Å². The van der Waals surface area contributed by atoms with Crippen LogP contribution >= 0.6 is 23.8 Å². The molecule has 1 unspecified atom stereocenters.